The maximum Gasteiger partial charge on any atom is 0.266 e. The molecule has 1 aliphatic rings. The third-order valence-corrected chi connectivity index (χ3v) is 5.50. The lowest BCUT2D eigenvalue weighted by atomic mass is 10.2. The van der Waals surface area contributed by atoms with E-state index in [-0.39, 0.29) is 24.6 Å². The molecule has 0 radical (unpaired) electrons. The highest BCUT2D eigenvalue weighted by Crippen LogP contribution is 2.33. The van der Waals surface area contributed by atoms with E-state index in [0.717, 1.165) is 17.3 Å². The predicted molar refractivity (Wildman–Crippen MR) is 111 cm³/mol. The van der Waals surface area contributed by atoms with E-state index in [2.05, 4.69) is 5.32 Å². The van der Waals surface area contributed by atoms with Crippen LogP contribution in [0.1, 0.15) is 12.0 Å². The topological polar surface area (TPSA) is 49.4 Å². The predicted octanol–water partition coefficient (Wildman–Crippen LogP) is 4.71. The molecule has 0 saturated carbocycles. The van der Waals surface area contributed by atoms with E-state index >= 15 is 0 Å². The number of anilines is 1. The summed E-state index contributed by atoms with van der Waals surface area (Å²) in [5.74, 6) is -1.19. The third kappa shape index (κ3) is 4.74. The zero-order valence-corrected chi connectivity index (χ0v) is 16.3. The summed E-state index contributed by atoms with van der Waals surface area (Å²) in [6, 6.07) is 13.1. The number of halogens is 2. The molecule has 2 amide bonds. The van der Waals surface area contributed by atoms with Crippen LogP contribution in [-0.2, 0) is 9.59 Å². The molecule has 138 valence electrons. The molecular weight excluding hydrogens is 407 g/mol. The largest absolute Gasteiger partial charge is 0.324 e. The minimum Gasteiger partial charge on any atom is -0.324 e. The van der Waals surface area contributed by atoms with Crippen LogP contribution in [0.5, 0.6) is 0 Å². The number of benzene rings is 2. The van der Waals surface area contributed by atoms with Gasteiger partial charge in [0.2, 0.25) is 5.91 Å². The van der Waals surface area contributed by atoms with Crippen molar-refractivity contribution in [2.75, 3.05) is 11.9 Å². The summed E-state index contributed by atoms with van der Waals surface area (Å²) in [7, 11) is 0. The van der Waals surface area contributed by atoms with E-state index in [4.69, 9.17) is 23.8 Å². The maximum atomic E-state index is 13.6. The number of carbonyl (C=O) groups is 2. The van der Waals surface area contributed by atoms with Gasteiger partial charge < -0.3 is 5.32 Å². The first-order valence-electron chi connectivity index (χ1n) is 8.00. The van der Waals surface area contributed by atoms with Gasteiger partial charge in [-0.05, 0) is 29.8 Å². The summed E-state index contributed by atoms with van der Waals surface area (Å²) in [5, 5.41) is 3.02. The van der Waals surface area contributed by atoms with Gasteiger partial charge in [0.05, 0.1) is 10.6 Å². The van der Waals surface area contributed by atoms with E-state index in [0.29, 0.717) is 14.2 Å². The van der Waals surface area contributed by atoms with Crippen molar-refractivity contribution in [2.24, 2.45) is 0 Å². The van der Waals surface area contributed by atoms with E-state index < -0.39 is 11.7 Å². The molecule has 8 heteroatoms. The second-order valence-electron chi connectivity index (χ2n) is 5.63. The highest BCUT2D eigenvalue weighted by Gasteiger charge is 2.32. The Morgan fingerprint density at radius 2 is 1.93 bits per heavy atom. The Morgan fingerprint density at radius 3 is 2.67 bits per heavy atom. The summed E-state index contributed by atoms with van der Waals surface area (Å²) in [5.41, 5.74) is 0.823. The van der Waals surface area contributed by atoms with Gasteiger partial charge in [0, 0.05) is 18.0 Å². The Morgan fingerprint density at radius 1 is 1.22 bits per heavy atom. The minimum atomic E-state index is -0.515. The van der Waals surface area contributed by atoms with Gasteiger partial charge in [-0.3, -0.25) is 14.5 Å². The van der Waals surface area contributed by atoms with Crippen LogP contribution >= 0.6 is 35.6 Å². The molecule has 1 fully saturated rings. The average molecular weight is 421 g/mol. The lowest BCUT2D eigenvalue weighted by Gasteiger charge is -2.14. The van der Waals surface area contributed by atoms with Crippen LogP contribution in [-0.4, -0.2) is 27.6 Å². The molecule has 0 atom stereocenters. The minimum absolute atomic E-state index is 0.000146. The molecule has 4 nitrogen and oxygen atoms in total. The van der Waals surface area contributed by atoms with Gasteiger partial charge >= 0.3 is 0 Å². The van der Waals surface area contributed by atoms with E-state index in [1.165, 1.54) is 23.1 Å². The number of rotatable bonds is 5. The summed E-state index contributed by atoms with van der Waals surface area (Å²) in [4.78, 5) is 26.4. The van der Waals surface area contributed by atoms with Crippen molar-refractivity contribution in [3.05, 3.63) is 69.8 Å². The number of para-hydroxylation sites is 1. The number of thioether (sulfide) groups is 1. The zero-order valence-electron chi connectivity index (χ0n) is 13.9. The number of thiocarbonyl (C=S) groups is 1. The van der Waals surface area contributed by atoms with E-state index in [9.17, 15) is 14.0 Å². The molecule has 1 N–H and O–H groups in total. The fourth-order valence-corrected chi connectivity index (χ4v) is 3.90. The molecule has 27 heavy (non-hydrogen) atoms. The SMILES string of the molecule is O=C(CCN1C(=O)/C(=C\c2ccccc2Cl)SC1=S)Nc1ccccc1F. The van der Waals surface area contributed by atoms with Crippen molar-refractivity contribution in [3.8, 4) is 0 Å². The zero-order chi connectivity index (χ0) is 19.4. The Bertz CT molecular complexity index is 949. The van der Waals surface area contributed by atoms with Gasteiger partial charge in [0.1, 0.15) is 10.1 Å². The molecule has 0 unspecified atom stereocenters. The molecule has 1 heterocycles. The van der Waals surface area contributed by atoms with Crippen molar-refractivity contribution >= 4 is 63.5 Å². The fraction of sp³-hybridized carbons (Fsp3) is 0.105. The van der Waals surface area contributed by atoms with Crippen LogP contribution in [0.3, 0.4) is 0 Å². The number of nitrogens with zero attached hydrogens (tertiary/aromatic N) is 1. The smallest absolute Gasteiger partial charge is 0.266 e. The van der Waals surface area contributed by atoms with Crippen molar-refractivity contribution in [1.29, 1.82) is 0 Å². The summed E-state index contributed by atoms with van der Waals surface area (Å²) < 4.78 is 14.0. The van der Waals surface area contributed by atoms with Crippen LogP contribution in [0.25, 0.3) is 6.08 Å². The van der Waals surface area contributed by atoms with Crippen molar-refractivity contribution in [2.45, 2.75) is 6.42 Å². The average Bonchev–Trinajstić information content (AvgIpc) is 2.90. The van der Waals surface area contributed by atoms with Crippen LogP contribution in [0.4, 0.5) is 10.1 Å². The summed E-state index contributed by atoms with van der Waals surface area (Å²) in [6.07, 6.45) is 1.68. The Balaban J connectivity index is 1.63. The Hall–Kier alpha value is -2.22. The number of hydrogen-bond donors (Lipinski definition) is 1. The molecule has 1 aliphatic heterocycles. The summed E-state index contributed by atoms with van der Waals surface area (Å²) in [6.45, 7) is 0.116. The molecule has 0 spiro atoms. The Kier molecular flexibility index (Phi) is 6.26. The first kappa shape index (κ1) is 19.5. The molecular formula is C19H14ClFN2O2S2. The molecule has 0 aliphatic carbocycles. The molecule has 0 bridgehead atoms. The second kappa shape index (κ2) is 8.65. The molecule has 2 aromatic rings. The number of hydrogen-bond acceptors (Lipinski definition) is 4. The van der Waals surface area contributed by atoms with E-state index in [1.54, 1.807) is 30.3 Å². The lowest BCUT2D eigenvalue weighted by Crippen LogP contribution is -2.31. The summed E-state index contributed by atoms with van der Waals surface area (Å²) >= 11 is 12.5. The van der Waals surface area contributed by atoms with Gasteiger partial charge in [0.25, 0.3) is 5.91 Å². The van der Waals surface area contributed by atoms with Crippen LogP contribution < -0.4 is 5.32 Å². The van der Waals surface area contributed by atoms with E-state index in [1.807, 2.05) is 6.07 Å². The standard InChI is InChI=1S/C19H14ClFN2O2S2/c20-13-6-2-1-5-12(13)11-16-18(25)23(19(26)27-16)10-9-17(24)22-15-8-4-3-7-14(15)21/h1-8,11H,9-10H2,(H,22,24)/b16-11+. The first-order chi connectivity index (χ1) is 13.0. The van der Waals surface area contributed by atoms with Gasteiger partial charge in [-0.1, -0.05) is 65.9 Å². The number of amides is 2. The first-order valence-corrected chi connectivity index (χ1v) is 9.60. The molecule has 1 saturated heterocycles. The number of carbonyl (C=O) groups excluding carboxylic acids is 2. The quantitative estimate of drug-likeness (QED) is 0.562. The molecule has 2 aromatic carbocycles. The molecule has 0 aromatic heterocycles. The van der Waals surface area contributed by atoms with Gasteiger partial charge in [-0.25, -0.2) is 4.39 Å². The van der Waals surface area contributed by atoms with Crippen molar-refractivity contribution in [1.82, 2.24) is 4.90 Å². The van der Waals surface area contributed by atoms with Crippen molar-refractivity contribution in [3.63, 3.8) is 0 Å². The van der Waals surface area contributed by atoms with Crippen LogP contribution in [0, 0.1) is 5.82 Å². The van der Waals surface area contributed by atoms with Crippen LogP contribution in [0.2, 0.25) is 5.02 Å². The van der Waals surface area contributed by atoms with Crippen molar-refractivity contribution < 1.29 is 14.0 Å². The third-order valence-electron chi connectivity index (χ3n) is 3.78. The second-order valence-corrected chi connectivity index (χ2v) is 7.72. The maximum absolute atomic E-state index is 13.6. The van der Waals surface area contributed by atoms with Gasteiger partial charge in [-0.2, -0.15) is 0 Å². The monoisotopic (exact) mass is 420 g/mol. The highest BCUT2D eigenvalue weighted by molar-refractivity contribution is 8.26. The molecule has 3 rings (SSSR count). The lowest BCUT2D eigenvalue weighted by molar-refractivity contribution is -0.122. The van der Waals surface area contributed by atoms with Gasteiger partial charge in [0.15, 0.2) is 0 Å². The highest BCUT2D eigenvalue weighted by atomic mass is 35.5. The van der Waals surface area contributed by atoms with Gasteiger partial charge in [-0.15, -0.1) is 0 Å². The number of nitrogens with one attached hydrogen (secondary N) is 1. The van der Waals surface area contributed by atoms with Crippen LogP contribution in [0.15, 0.2) is 53.4 Å². The Labute approximate surface area is 170 Å². The normalized spacial score (nSPS) is 15.5. The fourth-order valence-electron chi connectivity index (χ4n) is 2.41.